The molecule has 2 nitrogen and oxygen atoms in total. The van der Waals surface area contributed by atoms with E-state index in [-0.39, 0.29) is 23.4 Å². The van der Waals surface area contributed by atoms with Gasteiger partial charge in [0.1, 0.15) is 0 Å². The summed E-state index contributed by atoms with van der Waals surface area (Å²) >= 11 is 0. The number of carbonyl (C=O) groups excluding carboxylic acids is 2. The van der Waals surface area contributed by atoms with Crippen LogP contribution in [0.5, 0.6) is 0 Å². The Morgan fingerprint density at radius 2 is 1.46 bits per heavy atom. The lowest BCUT2D eigenvalue weighted by Gasteiger charge is -2.04. The minimum absolute atomic E-state index is 0.0199. The van der Waals surface area contributed by atoms with E-state index in [0.29, 0.717) is 5.57 Å². The van der Waals surface area contributed by atoms with E-state index in [1.165, 1.54) is 6.08 Å². The van der Waals surface area contributed by atoms with Gasteiger partial charge in [0.2, 0.25) is 0 Å². The molecule has 0 heterocycles. The van der Waals surface area contributed by atoms with Gasteiger partial charge >= 0.3 is 0 Å². The lowest BCUT2D eigenvalue weighted by molar-refractivity contribution is -0.120. The van der Waals surface area contributed by atoms with E-state index in [1.54, 1.807) is 6.92 Å². The molecule has 0 atom stereocenters. The van der Waals surface area contributed by atoms with Gasteiger partial charge < -0.3 is 0 Å². The fraction of sp³-hybridized carbons (Fsp3) is 0.636. The lowest BCUT2D eigenvalue weighted by Crippen LogP contribution is -2.11. The summed E-state index contributed by atoms with van der Waals surface area (Å²) in [7, 11) is 0. The standard InChI is InChI=1S/C11H18O2/c1-7(2)10(12)6-9(5)11(13)8(3)4/h6-8H,1-5H3. The molecule has 13 heavy (non-hydrogen) atoms. The molecule has 0 bridgehead atoms. The molecule has 0 rings (SSSR count). The Kier molecular flexibility index (Phi) is 4.60. The van der Waals surface area contributed by atoms with Crippen LogP contribution in [-0.2, 0) is 9.59 Å². The van der Waals surface area contributed by atoms with Gasteiger partial charge in [0, 0.05) is 11.8 Å². The number of hydrogen-bond acceptors (Lipinski definition) is 2. The van der Waals surface area contributed by atoms with E-state index in [0.717, 1.165) is 0 Å². The maximum Gasteiger partial charge on any atom is 0.161 e. The molecule has 0 saturated carbocycles. The van der Waals surface area contributed by atoms with Gasteiger partial charge in [-0.15, -0.1) is 0 Å². The predicted octanol–water partition coefficient (Wildman–Crippen LogP) is 2.38. The number of Topliss-reactive ketones (excluding diaryl/α,β-unsaturated/α-hetero) is 1. The highest BCUT2D eigenvalue weighted by Gasteiger charge is 2.11. The minimum Gasteiger partial charge on any atom is -0.295 e. The Labute approximate surface area is 80.0 Å². The van der Waals surface area contributed by atoms with Crippen LogP contribution in [0.2, 0.25) is 0 Å². The SMILES string of the molecule is CC(=CC(=O)C(C)C)C(=O)C(C)C. The Morgan fingerprint density at radius 3 is 1.77 bits per heavy atom. The van der Waals surface area contributed by atoms with Gasteiger partial charge in [0.25, 0.3) is 0 Å². The van der Waals surface area contributed by atoms with Crippen molar-refractivity contribution in [2.75, 3.05) is 0 Å². The van der Waals surface area contributed by atoms with Gasteiger partial charge in [-0.05, 0) is 18.6 Å². The van der Waals surface area contributed by atoms with Crippen LogP contribution in [0, 0.1) is 11.8 Å². The van der Waals surface area contributed by atoms with Crippen LogP contribution in [0.25, 0.3) is 0 Å². The lowest BCUT2D eigenvalue weighted by atomic mass is 9.99. The number of ketones is 2. The predicted molar refractivity (Wildman–Crippen MR) is 53.4 cm³/mol. The number of carbonyl (C=O) groups is 2. The average molecular weight is 182 g/mol. The van der Waals surface area contributed by atoms with Crippen LogP contribution in [0.4, 0.5) is 0 Å². The molecule has 0 radical (unpaired) electrons. The highest BCUT2D eigenvalue weighted by Crippen LogP contribution is 2.07. The van der Waals surface area contributed by atoms with Gasteiger partial charge in [-0.3, -0.25) is 9.59 Å². The van der Waals surface area contributed by atoms with Crippen LogP contribution in [0.1, 0.15) is 34.6 Å². The third kappa shape index (κ3) is 4.02. The molecule has 0 amide bonds. The molecule has 0 unspecified atom stereocenters. The second-order valence-electron chi connectivity index (χ2n) is 3.90. The first kappa shape index (κ1) is 12.1. The van der Waals surface area contributed by atoms with E-state index in [1.807, 2.05) is 27.7 Å². The Morgan fingerprint density at radius 1 is 1.00 bits per heavy atom. The van der Waals surface area contributed by atoms with E-state index in [9.17, 15) is 9.59 Å². The zero-order valence-corrected chi connectivity index (χ0v) is 9.05. The fourth-order valence-electron chi connectivity index (χ4n) is 0.907. The van der Waals surface area contributed by atoms with Crippen molar-refractivity contribution < 1.29 is 9.59 Å². The maximum absolute atomic E-state index is 11.4. The van der Waals surface area contributed by atoms with Gasteiger partial charge in [-0.2, -0.15) is 0 Å². The van der Waals surface area contributed by atoms with E-state index >= 15 is 0 Å². The fourth-order valence-corrected chi connectivity index (χ4v) is 0.907. The molecule has 0 aliphatic heterocycles. The zero-order chi connectivity index (χ0) is 10.6. The van der Waals surface area contributed by atoms with Gasteiger partial charge in [0.05, 0.1) is 0 Å². The summed E-state index contributed by atoms with van der Waals surface area (Å²) < 4.78 is 0. The van der Waals surface area contributed by atoms with Crippen LogP contribution in [0.15, 0.2) is 11.6 Å². The first-order chi connectivity index (χ1) is 5.86. The summed E-state index contributed by atoms with van der Waals surface area (Å²) in [5.41, 5.74) is 0.564. The first-order valence-corrected chi connectivity index (χ1v) is 4.62. The third-order valence-electron chi connectivity index (χ3n) is 1.84. The van der Waals surface area contributed by atoms with Crippen LogP contribution >= 0.6 is 0 Å². The smallest absolute Gasteiger partial charge is 0.161 e. The molecule has 0 saturated heterocycles. The summed E-state index contributed by atoms with van der Waals surface area (Å²) in [5.74, 6) is 0.00613. The van der Waals surface area contributed by atoms with Crippen molar-refractivity contribution in [3.63, 3.8) is 0 Å². The molecule has 0 aromatic heterocycles. The molecular formula is C11H18O2. The van der Waals surface area contributed by atoms with Crippen LogP contribution in [0.3, 0.4) is 0 Å². The van der Waals surface area contributed by atoms with Crippen molar-refractivity contribution in [2.45, 2.75) is 34.6 Å². The molecule has 0 aliphatic carbocycles. The van der Waals surface area contributed by atoms with Gasteiger partial charge in [0.15, 0.2) is 11.6 Å². The maximum atomic E-state index is 11.4. The van der Waals surface area contributed by atoms with Crippen LogP contribution in [-0.4, -0.2) is 11.6 Å². The average Bonchev–Trinajstić information content (AvgIpc) is 2.02. The van der Waals surface area contributed by atoms with Crippen molar-refractivity contribution in [3.05, 3.63) is 11.6 Å². The number of allylic oxidation sites excluding steroid dienone is 2. The topological polar surface area (TPSA) is 34.1 Å². The van der Waals surface area contributed by atoms with E-state index in [2.05, 4.69) is 0 Å². The van der Waals surface area contributed by atoms with Gasteiger partial charge in [-0.25, -0.2) is 0 Å². The quantitative estimate of drug-likeness (QED) is 0.625. The molecule has 0 N–H and O–H groups in total. The largest absolute Gasteiger partial charge is 0.295 e. The molecule has 0 aromatic carbocycles. The minimum atomic E-state index is -0.0325. The molecule has 0 aliphatic rings. The van der Waals surface area contributed by atoms with Crippen molar-refractivity contribution in [2.24, 2.45) is 11.8 Å². The monoisotopic (exact) mass is 182 g/mol. The highest BCUT2D eigenvalue weighted by molar-refractivity contribution is 6.03. The second-order valence-corrected chi connectivity index (χ2v) is 3.90. The molecule has 0 spiro atoms. The Hall–Kier alpha value is -0.920. The molecule has 0 fully saturated rings. The Balaban J connectivity index is 4.50. The summed E-state index contributed by atoms with van der Waals surface area (Å²) in [4.78, 5) is 22.6. The van der Waals surface area contributed by atoms with Crippen molar-refractivity contribution in [3.8, 4) is 0 Å². The summed E-state index contributed by atoms with van der Waals surface area (Å²) in [6.45, 7) is 9.01. The van der Waals surface area contributed by atoms with E-state index < -0.39 is 0 Å². The summed E-state index contributed by atoms with van der Waals surface area (Å²) in [5, 5.41) is 0. The summed E-state index contributed by atoms with van der Waals surface area (Å²) in [6, 6.07) is 0. The van der Waals surface area contributed by atoms with E-state index in [4.69, 9.17) is 0 Å². The number of rotatable bonds is 4. The second kappa shape index (κ2) is 4.95. The summed E-state index contributed by atoms with van der Waals surface area (Å²) in [6.07, 6.45) is 1.45. The van der Waals surface area contributed by atoms with Crippen molar-refractivity contribution >= 4 is 11.6 Å². The highest BCUT2D eigenvalue weighted by atomic mass is 16.1. The molecule has 74 valence electrons. The zero-order valence-electron chi connectivity index (χ0n) is 9.05. The Bertz CT molecular complexity index is 234. The molecular weight excluding hydrogens is 164 g/mol. The van der Waals surface area contributed by atoms with Crippen LogP contribution < -0.4 is 0 Å². The van der Waals surface area contributed by atoms with Crippen molar-refractivity contribution in [1.82, 2.24) is 0 Å². The number of hydrogen-bond donors (Lipinski definition) is 0. The molecule has 2 heteroatoms. The normalized spacial score (nSPS) is 12.4. The van der Waals surface area contributed by atoms with Crippen molar-refractivity contribution in [1.29, 1.82) is 0 Å². The van der Waals surface area contributed by atoms with Gasteiger partial charge in [-0.1, -0.05) is 27.7 Å². The first-order valence-electron chi connectivity index (χ1n) is 4.62. The third-order valence-corrected chi connectivity index (χ3v) is 1.84. The molecule has 0 aromatic rings.